The summed E-state index contributed by atoms with van der Waals surface area (Å²) in [6.45, 7) is 3.10. The lowest BCUT2D eigenvalue weighted by Crippen LogP contribution is -2.38. The standard InChI is InChI=1S/C33H36N6O3S/c1-19(25-10-6-14-39(25)2)41-27-16-24(21-8-3-7-20(15-21)18-40)36-32(37-27)29-22-9-4-12-33(30(22)42-38-29)13-5-11-26-28(33)23(17-34)31(35)43-26/h3,7-8,15-16,19,25,40H,4-6,9-14,18,35H2,1-2H3/t19-,25-,33-/m0/s1. The molecular weight excluding hydrogens is 560 g/mol. The molecule has 0 saturated carbocycles. The number of nitrogens with two attached hydrogens (primary N) is 1. The minimum atomic E-state index is -0.417. The second-order valence-corrected chi connectivity index (χ2v) is 13.3. The highest BCUT2D eigenvalue weighted by atomic mass is 32.1. The number of fused-ring (bicyclic) bond motifs is 4. The van der Waals surface area contributed by atoms with Crippen molar-refractivity contribution in [2.45, 2.75) is 82.5 Å². The zero-order chi connectivity index (χ0) is 29.7. The van der Waals surface area contributed by atoms with Crippen LogP contribution in [0.25, 0.3) is 22.8 Å². The first kappa shape index (κ1) is 28.0. The predicted octanol–water partition coefficient (Wildman–Crippen LogP) is 5.63. The van der Waals surface area contributed by atoms with E-state index < -0.39 is 5.41 Å². The number of hydrogen-bond donors (Lipinski definition) is 2. The lowest BCUT2D eigenvalue weighted by molar-refractivity contribution is 0.117. The number of aliphatic hydroxyl groups excluding tert-OH is 1. The van der Waals surface area contributed by atoms with E-state index >= 15 is 0 Å². The zero-order valence-corrected chi connectivity index (χ0v) is 25.4. The number of likely N-dealkylation sites (tertiary alicyclic amines) is 1. The molecule has 1 aliphatic heterocycles. The molecule has 3 aromatic heterocycles. The van der Waals surface area contributed by atoms with Crippen LogP contribution in [0.1, 0.15) is 78.3 Å². The minimum absolute atomic E-state index is 0.0567. The van der Waals surface area contributed by atoms with Crippen molar-refractivity contribution in [1.29, 1.82) is 5.26 Å². The zero-order valence-electron chi connectivity index (χ0n) is 24.6. The summed E-state index contributed by atoms with van der Waals surface area (Å²) < 4.78 is 12.8. The van der Waals surface area contributed by atoms with Crippen molar-refractivity contribution in [3.63, 3.8) is 0 Å². The summed E-state index contributed by atoms with van der Waals surface area (Å²) in [6, 6.07) is 12.3. The summed E-state index contributed by atoms with van der Waals surface area (Å²) in [7, 11) is 2.14. The van der Waals surface area contributed by atoms with Crippen LogP contribution in [0.15, 0.2) is 34.9 Å². The number of aryl methyl sites for hydroxylation is 1. The fourth-order valence-corrected chi connectivity index (χ4v) is 8.74. The first-order valence-electron chi connectivity index (χ1n) is 15.2. The van der Waals surface area contributed by atoms with Crippen molar-refractivity contribution in [1.82, 2.24) is 20.0 Å². The number of anilines is 1. The van der Waals surface area contributed by atoms with Crippen molar-refractivity contribution in [3.8, 4) is 34.7 Å². The number of aromatic nitrogens is 3. The smallest absolute Gasteiger partial charge is 0.217 e. The molecule has 4 heterocycles. The van der Waals surface area contributed by atoms with Gasteiger partial charge in [0.05, 0.1) is 23.3 Å². The number of nitriles is 1. The Hall–Kier alpha value is -3.78. The maximum Gasteiger partial charge on any atom is 0.217 e. The molecule has 1 saturated heterocycles. The van der Waals surface area contributed by atoms with Crippen LogP contribution in [-0.2, 0) is 24.9 Å². The number of ether oxygens (including phenoxy) is 1. The van der Waals surface area contributed by atoms with E-state index in [0.29, 0.717) is 39.7 Å². The van der Waals surface area contributed by atoms with Gasteiger partial charge in [-0.3, -0.25) is 4.90 Å². The first-order valence-corrected chi connectivity index (χ1v) is 16.0. The number of aliphatic hydroxyl groups is 1. The Morgan fingerprint density at radius 3 is 2.84 bits per heavy atom. The predicted molar refractivity (Wildman–Crippen MR) is 165 cm³/mol. The van der Waals surface area contributed by atoms with Crippen molar-refractivity contribution >= 4 is 16.3 Å². The molecule has 1 fully saturated rings. The second-order valence-electron chi connectivity index (χ2n) is 12.2. The molecule has 3 atom stereocenters. The highest BCUT2D eigenvalue weighted by Crippen LogP contribution is 2.55. The third-order valence-corrected chi connectivity index (χ3v) is 10.7. The Morgan fingerprint density at radius 2 is 2.07 bits per heavy atom. The Kier molecular flexibility index (Phi) is 7.20. The quantitative estimate of drug-likeness (QED) is 0.290. The average Bonchev–Trinajstić information content (AvgIpc) is 3.74. The number of likely N-dealkylation sites (N-methyl/N-ethyl adjacent to an activating group) is 1. The van der Waals surface area contributed by atoms with Crippen LogP contribution in [0.5, 0.6) is 5.88 Å². The highest BCUT2D eigenvalue weighted by molar-refractivity contribution is 7.16. The first-order chi connectivity index (χ1) is 20.9. The average molecular weight is 597 g/mol. The normalized spacial score (nSPS) is 22.2. The highest BCUT2D eigenvalue weighted by Gasteiger charge is 2.48. The van der Waals surface area contributed by atoms with Gasteiger partial charge in [-0.1, -0.05) is 23.4 Å². The van der Waals surface area contributed by atoms with Gasteiger partial charge < -0.3 is 20.1 Å². The lowest BCUT2D eigenvalue weighted by atomic mass is 9.63. The van der Waals surface area contributed by atoms with Gasteiger partial charge in [0, 0.05) is 28.1 Å². The van der Waals surface area contributed by atoms with Crippen LogP contribution in [-0.4, -0.2) is 50.9 Å². The van der Waals surface area contributed by atoms with E-state index in [1.54, 1.807) is 0 Å². The van der Waals surface area contributed by atoms with E-state index in [1.807, 2.05) is 30.3 Å². The van der Waals surface area contributed by atoms with Gasteiger partial charge in [-0.2, -0.15) is 10.2 Å². The van der Waals surface area contributed by atoms with Gasteiger partial charge in [0.1, 0.15) is 17.2 Å². The molecule has 43 heavy (non-hydrogen) atoms. The maximum absolute atomic E-state index is 10.1. The number of nitrogens with zero attached hydrogens (tertiary/aromatic N) is 5. The third-order valence-electron chi connectivity index (χ3n) is 9.60. The van der Waals surface area contributed by atoms with Crippen molar-refractivity contribution in [2.24, 2.45) is 0 Å². The van der Waals surface area contributed by atoms with Gasteiger partial charge in [-0.05, 0) is 89.1 Å². The van der Waals surface area contributed by atoms with E-state index in [1.165, 1.54) is 16.2 Å². The van der Waals surface area contributed by atoms with Gasteiger partial charge in [0.2, 0.25) is 5.88 Å². The molecule has 4 aromatic rings. The summed E-state index contributed by atoms with van der Waals surface area (Å²) in [5, 5.41) is 25.0. The summed E-state index contributed by atoms with van der Waals surface area (Å²) in [6.07, 6.45) is 7.62. The van der Waals surface area contributed by atoms with E-state index in [2.05, 4.69) is 30.1 Å². The second kappa shape index (κ2) is 11.1. The van der Waals surface area contributed by atoms with Crippen LogP contribution < -0.4 is 10.5 Å². The number of nitrogen functional groups attached to an aromatic ring is 1. The topological polar surface area (TPSA) is 134 Å². The number of thiophene rings is 1. The molecule has 222 valence electrons. The summed E-state index contributed by atoms with van der Waals surface area (Å²) in [5.41, 5.74) is 11.5. The monoisotopic (exact) mass is 596 g/mol. The number of rotatable bonds is 6. The molecule has 9 nitrogen and oxygen atoms in total. The Bertz CT molecular complexity index is 1720. The van der Waals surface area contributed by atoms with E-state index in [0.717, 1.165) is 85.9 Å². The third kappa shape index (κ3) is 4.71. The van der Waals surface area contributed by atoms with Gasteiger partial charge in [-0.15, -0.1) is 11.3 Å². The van der Waals surface area contributed by atoms with E-state index in [-0.39, 0.29) is 12.7 Å². The summed E-state index contributed by atoms with van der Waals surface area (Å²) in [5.74, 6) is 1.77. The lowest BCUT2D eigenvalue weighted by Gasteiger charge is -2.39. The Morgan fingerprint density at radius 1 is 1.23 bits per heavy atom. The molecule has 0 unspecified atom stereocenters. The molecule has 2 aliphatic carbocycles. The van der Waals surface area contributed by atoms with Crippen molar-refractivity contribution < 1.29 is 14.4 Å². The van der Waals surface area contributed by atoms with Gasteiger partial charge in [0.15, 0.2) is 17.3 Å². The number of hydrogen-bond acceptors (Lipinski definition) is 10. The van der Waals surface area contributed by atoms with Crippen LogP contribution >= 0.6 is 11.3 Å². The fourth-order valence-electron chi connectivity index (χ4n) is 7.58. The molecule has 1 aromatic carbocycles. The Balaban J connectivity index is 1.34. The molecule has 0 bridgehead atoms. The molecule has 3 N–H and O–H groups in total. The molecule has 1 spiro atoms. The van der Waals surface area contributed by atoms with E-state index in [9.17, 15) is 10.4 Å². The molecular formula is C33H36N6O3S. The molecule has 3 aliphatic rings. The van der Waals surface area contributed by atoms with Crippen LogP contribution in [0.2, 0.25) is 0 Å². The summed E-state index contributed by atoms with van der Waals surface area (Å²) >= 11 is 1.54. The molecule has 10 heteroatoms. The van der Waals surface area contributed by atoms with Crippen molar-refractivity contribution in [2.75, 3.05) is 19.3 Å². The van der Waals surface area contributed by atoms with Gasteiger partial charge >= 0.3 is 0 Å². The number of benzene rings is 1. The maximum atomic E-state index is 10.1. The van der Waals surface area contributed by atoms with E-state index in [4.69, 9.17) is 25.0 Å². The van der Waals surface area contributed by atoms with Crippen molar-refractivity contribution in [3.05, 3.63) is 63.2 Å². The molecule has 0 radical (unpaired) electrons. The van der Waals surface area contributed by atoms with Gasteiger partial charge in [0.25, 0.3) is 0 Å². The minimum Gasteiger partial charge on any atom is -0.473 e. The molecule has 0 amide bonds. The van der Waals surface area contributed by atoms with Crippen LogP contribution in [0, 0.1) is 11.3 Å². The largest absolute Gasteiger partial charge is 0.473 e. The fraction of sp³-hybridized carbons (Fsp3) is 0.455. The van der Waals surface area contributed by atoms with Crippen LogP contribution in [0.4, 0.5) is 5.00 Å². The summed E-state index contributed by atoms with van der Waals surface area (Å²) in [4.78, 5) is 13.4. The van der Waals surface area contributed by atoms with Crippen LogP contribution in [0.3, 0.4) is 0 Å². The molecule has 7 rings (SSSR count). The SMILES string of the molecule is C[C@H](Oc1cc(-c2cccc(CO)c2)nc(-c2noc3c2CCC[C@@]32CCCc3sc(N)c(C#N)c32)n1)[C@@H]1CCCN1C. The van der Waals surface area contributed by atoms with Gasteiger partial charge in [-0.25, -0.2) is 4.98 Å². The Labute approximate surface area is 255 Å².